The van der Waals surface area contributed by atoms with Crippen LogP contribution in [0.1, 0.15) is 0 Å². The second kappa shape index (κ2) is 7.97. The number of halogens is 7. The molecular formula is C17H6Cl6IN. The molecule has 0 N–H and O–H groups in total. The molecule has 0 aliphatic carbocycles. The first-order valence-corrected chi connectivity index (χ1v) is 10.1. The number of nitrogens with zero attached hydrogens (tertiary/aromatic N) is 1. The van der Waals surface area contributed by atoms with Crippen LogP contribution in [0.2, 0.25) is 30.1 Å². The lowest BCUT2D eigenvalue weighted by Gasteiger charge is -2.14. The van der Waals surface area contributed by atoms with E-state index < -0.39 is 0 Å². The molecule has 0 saturated heterocycles. The Morgan fingerprint density at radius 3 is 1.76 bits per heavy atom. The summed E-state index contributed by atoms with van der Waals surface area (Å²) in [5.41, 5.74) is 2.54. The third-order valence-electron chi connectivity index (χ3n) is 3.39. The van der Waals surface area contributed by atoms with Crippen LogP contribution in [-0.2, 0) is 0 Å². The van der Waals surface area contributed by atoms with Crippen LogP contribution >= 0.6 is 92.2 Å². The maximum Gasteiger partial charge on any atom is 0.0797 e. The van der Waals surface area contributed by atoms with Gasteiger partial charge in [-0.3, -0.25) is 4.98 Å². The molecule has 25 heavy (non-hydrogen) atoms. The fourth-order valence-corrected chi connectivity index (χ4v) is 4.19. The molecule has 8 heteroatoms. The highest BCUT2D eigenvalue weighted by Gasteiger charge is 2.19. The molecule has 0 amide bonds. The molecule has 1 aromatic heterocycles. The molecule has 128 valence electrons. The fourth-order valence-electron chi connectivity index (χ4n) is 2.34. The average Bonchev–Trinajstić information content (AvgIpc) is 2.54. The van der Waals surface area contributed by atoms with E-state index in [-0.39, 0.29) is 0 Å². The topological polar surface area (TPSA) is 12.9 Å². The zero-order valence-corrected chi connectivity index (χ0v) is 18.8. The molecule has 0 radical (unpaired) electrons. The number of rotatable bonds is 2. The quantitative estimate of drug-likeness (QED) is 0.224. The van der Waals surface area contributed by atoms with Crippen LogP contribution in [0.3, 0.4) is 0 Å². The van der Waals surface area contributed by atoms with Gasteiger partial charge in [-0.25, -0.2) is 0 Å². The third-order valence-corrected chi connectivity index (χ3v) is 6.02. The molecule has 0 spiro atoms. The van der Waals surface area contributed by atoms with Gasteiger partial charge >= 0.3 is 0 Å². The van der Waals surface area contributed by atoms with E-state index in [9.17, 15) is 0 Å². The van der Waals surface area contributed by atoms with Crippen molar-refractivity contribution in [2.45, 2.75) is 0 Å². The molecule has 0 unspecified atom stereocenters. The Bertz CT molecular complexity index is 989. The van der Waals surface area contributed by atoms with Gasteiger partial charge in [0.15, 0.2) is 0 Å². The molecule has 0 aliphatic heterocycles. The van der Waals surface area contributed by atoms with E-state index in [0.29, 0.717) is 47.0 Å². The predicted octanol–water partition coefficient (Wildman–Crippen LogP) is 8.94. The summed E-state index contributed by atoms with van der Waals surface area (Å²) in [7, 11) is 0. The van der Waals surface area contributed by atoms with Crippen molar-refractivity contribution in [3.8, 4) is 22.4 Å². The molecule has 0 saturated carbocycles. The summed E-state index contributed by atoms with van der Waals surface area (Å²) in [4.78, 5) is 4.51. The van der Waals surface area contributed by atoms with Gasteiger partial charge in [0.05, 0.1) is 25.8 Å². The van der Waals surface area contributed by atoms with E-state index in [1.54, 1.807) is 30.5 Å². The zero-order chi connectivity index (χ0) is 18.3. The summed E-state index contributed by atoms with van der Waals surface area (Å²) in [6.07, 6.45) is 1.71. The monoisotopic (exact) mass is 561 g/mol. The van der Waals surface area contributed by atoms with E-state index in [1.165, 1.54) is 0 Å². The Balaban J connectivity index is 2.36. The van der Waals surface area contributed by atoms with E-state index in [1.807, 2.05) is 6.07 Å². The minimum absolute atomic E-state index is 0.339. The molecule has 3 rings (SSSR count). The number of hydrogen-bond donors (Lipinski definition) is 0. The highest BCUT2D eigenvalue weighted by Crippen LogP contribution is 2.43. The number of pyridine rings is 1. The first kappa shape index (κ1) is 19.8. The number of aromatic nitrogens is 1. The van der Waals surface area contributed by atoms with Gasteiger partial charge in [-0.15, -0.1) is 0 Å². The van der Waals surface area contributed by atoms with Crippen molar-refractivity contribution in [3.63, 3.8) is 0 Å². The molecule has 0 atom stereocenters. The summed E-state index contributed by atoms with van der Waals surface area (Å²) in [5, 5.41) is 2.33. The van der Waals surface area contributed by atoms with Gasteiger partial charge in [-0.2, -0.15) is 0 Å². The normalized spacial score (nSPS) is 11.0. The van der Waals surface area contributed by atoms with E-state index >= 15 is 0 Å². The summed E-state index contributed by atoms with van der Waals surface area (Å²) in [6, 6.07) is 8.51. The van der Waals surface area contributed by atoms with Crippen molar-refractivity contribution in [2.24, 2.45) is 0 Å². The Morgan fingerprint density at radius 2 is 1.16 bits per heavy atom. The lowest BCUT2D eigenvalue weighted by Crippen LogP contribution is -1.93. The second-order valence-electron chi connectivity index (χ2n) is 5.05. The first-order valence-electron chi connectivity index (χ1n) is 6.73. The molecular weight excluding hydrogens is 558 g/mol. The average molecular weight is 564 g/mol. The van der Waals surface area contributed by atoms with Gasteiger partial charge in [0.2, 0.25) is 0 Å². The van der Waals surface area contributed by atoms with Crippen molar-refractivity contribution in [1.82, 2.24) is 4.98 Å². The molecule has 3 aromatic rings. The van der Waals surface area contributed by atoms with Gasteiger partial charge in [0.25, 0.3) is 0 Å². The van der Waals surface area contributed by atoms with Crippen LogP contribution in [0.4, 0.5) is 0 Å². The van der Waals surface area contributed by atoms with Crippen LogP contribution in [0.15, 0.2) is 36.5 Å². The predicted molar refractivity (Wildman–Crippen MR) is 118 cm³/mol. The Kier molecular flexibility index (Phi) is 6.32. The molecule has 2 aromatic carbocycles. The van der Waals surface area contributed by atoms with E-state index in [4.69, 9.17) is 69.6 Å². The Morgan fingerprint density at radius 1 is 0.640 bits per heavy atom. The van der Waals surface area contributed by atoms with Crippen LogP contribution in [0, 0.1) is 3.57 Å². The largest absolute Gasteiger partial charge is 0.254 e. The van der Waals surface area contributed by atoms with Gasteiger partial charge in [-0.05, 0) is 52.9 Å². The Hall–Kier alpha value is 0.0600. The van der Waals surface area contributed by atoms with Crippen molar-refractivity contribution in [3.05, 3.63) is 70.2 Å². The minimum Gasteiger partial charge on any atom is -0.254 e. The van der Waals surface area contributed by atoms with Crippen LogP contribution in [-0.4, -0.2) is 4.98 Å². The SMILES string of the molecule is Clc1cc(Cl)c(Cl)c(-c2cc(I)cnc2-c2cc(Cl)cc(Cl)c2Cl)c1. The summed E-state index contributed by atoms with van der Waals surface area (Å²) < 4.78 is 0.910. The van der Waals surface area contributed by atoms with Crippen LogP contribution in [0.25, 0.3) is 22.4 Å². The molecule has 1 nitrogen and oxygen atoms in total. The maximum absolute atomic E-state index is 6.41. The number of hydrogen-bond acceptors (Lipinski definition) is 1. The van der Waals surface area contributed by atoms with Gasteiger partial charge in [0.1, 0.15) is 0 Å². The molecule has 0 aliphatic rings. The van der Waals surface area contributed by atoms with Crippen LogP contribution < -0.4 is 0 Å². The summed E-state index contributed by atoms with van der Waals surface area (Å²) in [6.45, 7) is 0. The van der Waals surface area contributed by atoms with Crippen molar-refractivity contribution < 1.29 is 0 Å². The summed E-state index contributed by atoms with van der Waals surface area (Å²) >= 11 is 39.6. The first-order chi connectivity index (χ1) is 11.8. The molecule has 0 fully saturated rings. The van der Waals surface area contributed by atoms with Gasteiger partial charge in [0, 0.05) is 36.5 Å². The third kappa shape index (κ3) is 4.16. The van der Waals surface area contributed by atoms with Crippen molar-refractivity contribution in [1.29, 1.82) is 0 Å². The van der Waals surface area contributed by atoms with Crippen molar-refractivity contribution in [2.75, 3.05) is 0 Å². The van der Waals surface area contributed by atoms with E-state index in [2.05, 4.69) is 27.6 Å². The smallest absolute Gasteiger partial charge is 0.0797 e. The fraction of sp³-hybridized carbons (Fsp3) is 0. The lowest BCUT2D eigenvalue weighted by atomic mass is 9.99. The standard InChI is InChI=1S/C17H6Cl6IN/c18-7-1-10(15(22)13(20)3-7)11-5-9(24)6-25-17(11)12-2-8(19)4-14(21)16(12)23/h1-6H. The maximum atomic E-state index is 6.41. The molecule has 0 bridgehead atoms. The Labute approximate surface area is 188 Å². The van der Waals surface area contributed by atoms with Crippen molar-refractivity contribution >= 4 is 92.2 Å². The highest BCUT2D eigenvalue weighted by molar-refractivity contribution is 14.1. The zero-order valence-electron chi connectivity index (χ0n) is 12.1. The highest BCUT2D eigenvalue weighted by atomic mass is 127. The van der Waals surface area contributed by atoms with Gasteiger partial charge < -0.3 is 0 Å². The minimum atomic E-state index is 0.339. The number of benzene rings is 2. The van der Waals surface area contributed by atoms with E-state index in [0.717, 1.165) is 9.13 Å². The van der Waals surface area contributed by atoms with Crippen LogP contribution in [0.5, 0.6) is 0 Å². The summed E-state index contributed by atoms with van der Waals surface area (Å²) in [5.74, 6) is 0. The molecule has 1 heterocycles. The van der Waals surface area contributed by atoms with Gasteiger partial charge in [-0.1, -0.05) is 69.6 Å². The lowest BCUT2D eigenvalue weighted by molar-refractivity contribution is 1.31. The second-order valence-corrected chi connectivity index (χ2v) is 8.74.